The fourth-order valence-electron chi connectivity index (χ4n) is 3.35. The van der Waals surface area contributed by atoms with Crippen LogP contribution in [0.2, 0.25) is 0 Å². The third-order valence-corrected chi connectivity index (χ3v) is 8.17. The molecule has 1 aromatic carbocycles. The minimum absolute atomic E-state index is 0.114. The average molecular weight is 432 g/mol. The summed E-state index contributed by atoms with van der Waals surface area (Å²) in [5.74, 6) is -0.454. The Labute approximate surface area is 173 Å². The molecular weight excluding hydrogens is 410 g/mol. The number of sulfonamides is 1. The maximum absolute atomic E-state index is 12.7. The number of hydrogen-bond acceptors (Lipinski definition) is 6. The molecule has 10 heteroatoms. The number of nitrogens with zero attached hydrogens (tertiary/aromatic N) is 4. The first-order valence-corrected chi connectivity index (χ1v) is 11.6. The molecule has 3 aromatic rings. The molecule has 0 bridgehead atoms. The third-order valence-electron chi connectivity index (χ3n) is 4.93. The first kappa shape index (κ1) is 19.7. The molecular formula is C19H21N5O3S2. The van der Waals surface area contributed by atoms with Crippen molar-refractivity contribution in [3.8, 4) is 5.69 Å². The zero-order chi connectivity index (χ0) is 20.3. The van der Waals surface area contributed by atoms with Gasteiger partial charge < -0.3 is 5.32 Å². The topological polar surface area (TPSA) is 97.2 Å². The van der Waals surface area contributed by atoms with Gasteiger partial charge >= 0.3 is 0 Å². The van der Waals surface area contributed by atoms with Crippen LogP contribution in [0, 0.1) is 5.92 Å². The SMILES string of the molecule is O=C(NCc1ccc(-n2cncn2)cc1)C1CCCN(S(=O)(=O)c2cccs2)C1. The van der Waals surface area contributed by atoms with Crippen molar-refractivity contribution < 1.29 is 13.2 Å². The number of amides is 1. The van der Waals surface area contributed by atoms with Crippen LogP contribution in [0.3, 0.4) is 0 Å². The number of rotatable bonds is 6. The lowest BCUT2D eigenvalue weighted by atomic mass is 9.99. The zero-order valence-electron chi connectivity index (χ0n) is 15.6. The van der Waals surface area contributed by atoms with Crippen LogP contribution >= 0.6 is 11.3 Å². The quantitative estimate of drug-likeness (QED) is 0.644. The Kier molecular flexibility index (Phi) is 5.74. The van der Waals surface area contributed by atoms with Crippen molar-refractivity contribution in [3.05, 3.63) is 60.0 Å². The van der Waals surface area contributed by atoms with Gasteiger partial charge in [0.25, 0.3) is 10.0 Å². The second-order valence-electron chi connectivity index (χ2n) is 6.86. The van der Waals surface area contributed by atoms with Crippen LogP contribution < -0.4 is 5.32 Å². The highest BCUT2D eigenvalue weighted by Crippen LogP contribution is 2.26. The van der Waals surface area contributed by atoms with Crippen molar-refractivity contribution in [1.82, 2.24) is 24.4 Å². The highest BCUT2D eigenvalue weighted by Gasteiger charge is 2.33. The van der Waals surface area contributed by atoms with Crippen molar-refractivity contribution in [2.45, 2.75) is 23.6 Å². The van der Waals surface area contributed by atoms with Crippen molar-refractivity contribution in [1.29, 1.82) is 0 Å². The Balaban J connectivity index is 1.35. The number of benzene rings is 1. The molecule has 1 fully saturated rings. The smallest absolute Gasteiger partial charge is 0.252 e. The molecule has 0 spiro atoms. The Morgan fingerprint density at radius 1 is 1.24 bits per heavy atom. The van der Waals surface area contributed by atoms with Crippen LogP contribution in [0.1, 0.15) is 18.4 Å². The molecule has 4 rings (SSSR count). The van der Waals surface area contributed by atoms with Crippen LogP contribution in [0.15, 0.2) is 58.6 Å². The van der Waals surface area contributed by atoms with Gasteiger partial charge in [0.2, 0.25) is 5.91 Å². The highest BCUT2D eigenvalue weighted by atomic mass is 32.2. The number of carbonyl (C=O) groups excluding carboxylic acids is 1. The summed E-state index contributed by atoms with van der Waals surface area (Å²) in [5, 5.41) is 8.76. The molecule has 1 atom stereocenters. The molecule has 1 N–H and O–H groups in total. The monoisotopic (exact) mass is 431 g/mol. The number of thiophene rings is 1. The predicted molar refractivity (Wildman–Crippen MR) is 109 cm³/mol. The summed E-state index contributed by atoms with van der Waals surface area (Å²) in [6.07, 6.45) is 4.46. The van der Waals surface area contributed by atoms with Crippen LogP contribution in [0.4, 0.5) is 0 Å². The minimum atomic E-state index is -3.52. The van der Waals surface area contributed by atoms with Gasteiger partial charge in [-0.2, -0.15) is 9.40 Å². The molecule has 29 heavy (non-hydrogen) atoms. The average Bonchev–Trinajstić information content (AvgIpc) is 3.47. The number of hydrogen-bond donors (Lipinski definition) is 1. The Hall–Kier alpha value is -2.56. The highest BCUT2D eigenvalue weighted by molar-refractivity contribution is 7.91. The first-order valence-electron chi connectivity index (χ1n) is 9.29. The second-order valence-corrected chi connectivity index (χ2v) is 9.97. The van der Waals surface area contributed by atoms with Gasteiger partial charge in [0.15, 0.2) is 0 Å². The van der Waals surface area contributed by atoms with E-state index in [9.17, 15) is 13.2 Å². The van der Waals surface area contributed by atoms with E-state index in [0.717, 1.165) is 11.3 Å². The fourth-order valence-corrected chi connectivity index (χ4v) is 6.02. The zero-order valence-corrected chi connectivity index (χ0v) is 17.3. The molecule has 2 aromatic heterocycles. The molecule has 152 valence electrons. The molecule has 0 saturated carbocycles. The Morgan fingerprint density at radius 3 is 2.76 bits per heavy atom. The van der Waals surface area contributed by atoms with E-state index in [1.807, 2.05) is 24.3 Å². The molecule has 1 amide bonds. The summed E-state index contributed by atoms with van der Waals surface area (Å²) in [6, 6.07) is 11.0. The van der Waals surface area contributed by atoms with Crippen molar-refractivity contribution >= 4 is 27.3 Å². The van der Waals surface area contributed by atoms with E-state index in [-0.39, 0.29) is 18.4 Å². The number of aromatic nitrogens is 3. The summed E-state index contributed by atoms with van der Waals surface area (Å²) in [7, 11) is -3.52. The molecule has 1 unspecified atom stereocenters. The molecule has 8 nitrogen and oxygen atoms in total. The van der Waals surface area contributed by atoms with Crippen LogP contribution in [-0.4, -0.2) is 46.5 Å². The van der Waals surface area contributed by atoms with Gasteiger partial charge in [-0.1, -0.05) is 18.2 Å². The summed E-state index contributed by atoms with van der Waals surface area (Å²) >= 11 is 1.20. The van der Waals surface area contributed by atoms with E-state index in [1.54, 1.807) is 28.5 Å². The standard InChI is InChI=1S/C19H21N5O3S2/c25-19(21-11-15-5-7-17(8-6-15)24-14-20-13-22-24)16-3-1-9-23(12-16)29(26,27)18-4-2-10-28-18/h2,4-8,10,13-14,16H,1,3,9,11-12H2,(H,21,25). The fraction of sp³-hybridized carbons (Fsp3) is 0.316. The van der Waals surface area contributed by atoms with Gasteiger partial charge in [0.1, 0.15) is 16.9 Å². The lowest BCUT2D eigenvalue weighted by Gasteiger charge is -2.30. The molecule has 1 aliphatic heterocycles. The van der Waals surface area contributed by atoms with Gasteiger partial charge in [-0.15, -0.1) is 11.3 Å². The number of carbonyl (C=O) groups is 1. The summed E-state index contributed by atoms with van der Waals surface area (Å²) in [6.45, 7) is 1.07. The van der Waals surface area contributed by atoms with Gasteiger partial charge in [0.05, 0.1) is 11.6 Å². The Morgan fingerprint density at radius 2 is 2.07 bits per heavy atom. The minimum Gasteiger partial charge on any atom is -0.352 e. The molecule has 3 heterocycles. The van der Waals surface area contributed by atoms with E-state index in [4.69, 9.17) is 0 Å². The van der Waals surface area contributed by atoms with Gasteiger partial charge in [-0.3, -0.25) is 4.79 Å². The lowest BCUT2D eigenvalue weighted by Crippen LogP contribution is -2.45. The second kappa shape index (κ2) is 8.44. The Bertz CT molecular complexity index is 1050. The largest absolute Gasteiger partial charge is 0.352 e. The van der Waals surface area contributed by atoms with E-state index >= 15 is 0 Å². The van der Waals surface area contributed by atoms with Gasteiger partial charge in [-0.05, 0) is 42.0 Å². The first-order chi connectivity index (χ1) is 14.0. The number of piperidine rings is 1. The van der Waals surface area contributed by atoms with E-state index < -0.39 is 10.0 Å². The van der Waals surface area contributed by atoms with Crippen LogP contribution in [0.5, 0.6) is 0 Å². The number of nitrogens with one attached hydrogen (secondary N) is 1. The maximum atomic E-state index is 12.7. The maximum Gasteiger partial charge on any atom is 0.252 e. The summed E-state index contributed by atoms with van der Waals surface area (Å²) < 4.78 is 28.9. The predicted octanol–water partition coefficient (Wildman–Crippen LogP) is 2.05. The lowest BCUT2D eigenvalue weighted by molar-refractivity contribution is -0.126. The molecule has 0 aliphatic carbocycles. The van der Waals surface area contributed by atoms with E-state index in [2.05, 4.69) is 15.4 Å². The van der Waals surface area contributed by atoms with Crippen molar-refractivity contribution in [2.24, 2.45) is 5.92 Å². The summed E-state index contributed by atoms with van der Waals surface area (Å²) in [5.41, 5.74) is 1.85. The normalized spacial score (nSPS) is 17.9. The van der Waals surface area contributed by atoms with Crippen LogP contribution in [0.25, 0.3) is 5.69 Å². The van der Waals surface area contributed by atoms with Gasteiger partial charge in [-0.25, -0.2) is 18.1 Å². The van der Waals surface area contributed by atoms with E-state index in [1.165, 1.54) is 22.0 Å². The third kappa shape index (κ3) is 4.39. The van der Waals surface area contributed by atoms with E-state index in [0.29, 0.717) is 30.1 Å². The molecule has 1 saturated heterocycles. The van der Waals surface area contributed by atoms with Crippen molar-refractivity contribution in [2.75, 3.05) is 13.1 Å². The van der Waals surface area contributed by atoms with Gasteiger partial charge in [0, 0.05) is 19.6 Å². The summed E-state index contributed by atoms with van der Waals surface area (Å²) in [4.78, 5) is 16.6. The van der Waals surface area contributed by atoms with Crippen molar-refractivity contribution in [3.63, 3.8) is 0 Å². The van der Waals surface area contributed by atoms with Crippen LogP contribution in [-0.2, 0) is 21.4 Å². The molecule has 1 aliphatic rings. The molecule has 0 radical (unpaired) electrons.